The third-order valence-corrected chi connectivity index (χ3v) is 2.42. The van der Waals surface area contributed by atoms with Crippen molar-refractivity contribution in [3.63, 3.8) is 0 Å². The average molecular weight is 196 g/mol. The van der Waals surface area contributed by atoms with Gasteiger partial charge in [0.05, 0.1) is 6.61 Å². The lowest BCUT2D eigenvalue weighted by atomic mass is 10.2. The fraction of sp³-hybridized carbons (Fsp3) is 0.778. The summed E-state index contributed by atoms with van der Waals surface area (Å²) in [5, 5.41) is 10.1. The summed E-state index contributed by atoms with van der Waals surface area (Å²) in [6.45, 7) is 2.79. The van der Waals surface area contributed by atoms with E-state index in [4.69, 9.17) is 4.74 Å². The molecule has 0 aliphatic carbocycles. The van der Waals surface area contributed by atoms with Gasteiger partial charge in [-0.2, -0.15) is 5.10 Å². The molecule has 2 rings (SSSR count). The van der Waals surface area contributed by atoms with Crippen molar-refractivity contribution in [1.29, 1.82) is 0 Å². The molecule has 1 aromatic rings. The molecule has 0 amide bonds. The molecule has 1 aliphatic heterocycles. The Balaban J connectivity index is 1.55. The smallest absolute Gasteiger partial charge is 0.137 e. The van der Waals surface area contributed by atoms with E-state index < -0.39 is 0 Å². The fourth-order valence-corrected chi connectivity index (χ4v) is 1.61. The summed E-state index contributed by atoms with van der Waals surface area (Å²) in [7, 11) is 0. The first-order valence-corrected chi connectivity index (χ1v) is 5.10. The number of aromatic nitrogens is 3. The van der Waals surface area contributed by atoms with E-state index in [1.54, 1.807) is 6.33 Å². The highest BCUT2D eigenvalue weighted by Crippen LogP contribution is 2.03. The Kier molecular flexibility index (Phi) is 3.48. The summed E-state index contributed by atoms with van der Waals surface area (Å²) < 4.78 is 5.27. The van der Waals surface area contributed by atoms with Crippen molar-refractivity contribution in [2.75, 3.05) is 19.8 Å². The molecule has 0 saturated carbocycles. The number of ether oxygens (including phenoxy) is 1. The number of rotatable bonds is 5. The zero-order chi connectivity index (χ0) is 9.64. The number of aryl methyl sites for hydroxylation is 1. The van der Waals surface area contributed by atoms with Gasteiger partial charge in [0.1, 0.15) is 12.2 Å². The first kappa shape index (κ1) is 9.61. The van der Waals surface area contributed by atoms with E-state index >= 15 is 0 Å². The molecule has 14 heavy (non-hydrogen) atoms. The lowest BCUT2D eigenvalue weighted by Gasteiger charge is -2.08. The molecule has 0 bridgehead atoms. The van der Waals surface area contributed by atoms with E-state index in [1.807, 2.05) is 0 Å². The van der Waals surface area contributed by atoms with Crippen molar-refractivity contribution in [3.05, 3.63) is 12.2 Å². The van der Waals surface area contributed by atoms with Crippen molar-refractivity contribution in [2.45, 2.75) is 25.3 Å². The van der Waals surface area contributed by atoms with Gasteiger partial charge in [-0.15, -0.1) is 0 Å². The van der Waals surface area contributed by atoms with Gasteiger partial charge in [-0.25, -0.2) is 4.98 Å². The molecule has 1 unspecified atom stereocenters. The van der Waals surface area contributed by atoms with Crippen LogP contribution in [0.25, 0.3) is 0 Å². The minimum absolute atomic E-state index is 0.560. The maximum absolute atomic E-state index is 5.27. The van der Waals surface area contributed by atoms with Gasteiger partial charge in [0.15, 0.2) is 0 Å². The standard InChI is InChI=1S/C9H16N4O/c1(2-9-11-7-12-13-9)4-10-8-3-5-14-6-8/h7-8,10H,1-6H2,(H,11,12,13). The van der Waals surface area contributed by atoms with E-state index in [0.29, 0.717) is 6.04 Å². The third-order valence-electron chi connectivity index (χ3n) is 2.42. The van der Waals surface area contributed by atoms with Crippen LogP contribution in [0.2, 0.25) is 0 Å². The van der Waals surface area contributed by atoms with Gasteiger partial charge in [0.2, 0.25) is 0 Å². The second-order valence-corrected chi connectivity index (χ2v) is 3.55. The molecule has 1 aromatic heterocycles. The number of nitrogens with zero attached hydrogens (tertiary/aromatic N) is 2. The Hall–Kier alpha value is -0.940. The van der Waals surface area contributed by atoms with Crippen LogP contribution in [0.3, 0.4) is 0 Å². The molecule has 0 radical (unpaired) electrons. The van der Waals surface area contributed by atoms with E-state index in [1.165, 1.54) is 0 Å². The Bertz CT molecular complexity index is 243. The number of hydrogen-bond acceptors (Lipinski definition) is 4. The van der Waals surface area contributed by atoms with Crippen LogP contribution in [-0.4, -0.2) is 41.0 Å². The number of nitrogens with one attached hydrogen (secondary N) is 2. The van der Waals surface area contributed by atoms with Crippen LogP contribution >= 0.6 is 0 Å². The van der Waals surface area contributed by atoms with E-state index in [-0.39, 0.29) is 0 Å². The summed E-state index contributed by atoms with van der Waals surface area (Å²) in [6.07, 6.45) is 4.74. The quantitative estimate of drug-likeness (QED) is 0.656. The van der Waals surface area contributed by atoms with Crippen LogP contribution in [0.15, 0.2) is 6.33 Å². The highest BCUT2D eigenvalue weighted by molar-refractivity contribution is 4.80. The molecule has 1 saturated heterocycles. The Labute approximate surface area is 83.3 Å². The van der Waals surface area contributed by atoms with Crippen molar-refractivity contribution >= 4 is 0 Å². The lowest BCUT2D eigenvalue weighted by molar-refractivity contribution is 0.190. The van der Waals surface area contributed by atoms with Gasteiger partial charge in [-0.05, 0) is 19.4 Å². The summed E-state index contributed by atoms with van der Waals surface area (Å²) in [6, 6.07) is 0.560. The summed E-state index contributed by atoms with van der Waals surface area (Å²) in [5.74, 6) is 0.967. The molecule has 1 fully saturated rings. The van der Waals surface area contributed by atoms with Crippen LogP contribution in [0.5, 0.6) is 0 Å². The molecule has 78 valence electrons. The average Bonchev–Trinajstić information content (AvgIpc) is 2.86. The number of H-pyrrole nitrogens is 1. The molecule has 0 spiro atoms. The van der Waals surface area contributed by atoms with Crippen LogP contribution in [0.1, 0.15) is 18.7 Å². The van der Waals surface area contributed by atoms with Crippen molar-refractivity contribution in [1.82, 2.24) is 20.5 Å². The predicted octanol–water partition coefficient (Wildman–Crippen LogP) is 0.116. The van der Waals surface area contributed by atoms with E-state index in [9.17, 15) is 0 Å². The Morgan fingerprint density at radius 3 is 3.36 bits per heavy atom. The van der Waals surface area contributed by atoms with E-state index in [2.05, 4.69) is 20.5 Å². The monoisotopic (exact) mass is 196 g/mol. The minimum atomic E-state index is 0.560. The van der Waals surface area contributed by atoms with E-state index in [0.717, 1.165) is 44.8 Å². The zero-order valence-electron chi connectivity index (χ0n) is 8.20. The lowest BCUT2D eigenvalue weighted by Crippen LogP contribution is -2.30. The maximum Gasteiger partial charge on any atom is 0.137 e. The first-order chi connectivity index (χ1) is 6.95. The molecule has 0 aromatic carbocycles. The highest BCUT2D eigenvalue weighted by atomic mass is 16.5. The maximum atomic E-state index is 5.27. The molecule has 2 N–H and O–H groups in total. The van der Waals surface area contributed by atoms with Gasteiger partial charge in [0, 0.05) is 19.1 Å². The number of hydrogen-bond donors (Lipinski definition) is 2. The summed E-state index contributed by atoms with van der Waals surface area (Å²) in [4.78, 5) is 4.07. The second kappa shape index (κ2) is 5.07. The largest absolute Gasteiger partial charge is 0.380 e. The van der Waals surface area contributed by atoms with Crippen LogP contribution in [-0.2, 0) is 11.2 Å². The van der Waals surface area contributed by atoms with Gasteiger partial charge in [-0.3, -0.25) is 5.10 Å². The predicted molar refractivity (Wildman–Crippen MR) is 51.9 cm³/mol. The molecule has 5 heteroatoms. The van der Waals surface area contributed by atoms with Gasteiger partial charge in [0.25, 0.3) is 0 Å². The fourth-order valence-electron chi connectivity index (χ4n) is 1.61. The van der Waals surface area contributed by atoms with Crippen molar-refractivity contribution < 1.29 is 4.74 Å². The second-order valence-electron chi connectivity index (χ2n) is 3.55. The Morgan fingerprint density at radius 1 is 1.64 bits per heavy atom. The van der Waals surface area contributed by atoms with Crippen LogP contribution in [0.4, 0.5) is 0 Å². The van der Waals surface area contributed by atoms with Gasteiger partial charge >= 0.3 is 0 Å². The molecular formula is C9H16N4O. The molecule has 5 nitrogen and oxygen atoms in total. The van der Waals surface area contributed by atoms with Crippen LogP contribution < -0.4 is 5.32 Å². The number of aromatic amines is 1. The summed E-state index contributed by atoms with van der Waals surface area (Å²) in [5.41, 5.74) is 0. The topological polar surface area (TPSA) is 62.8 Å². The van der Waals surface area contributed by atoms with Gasteiger partial charge < -0.3 is 10.1 Å². The third kappa shape index (κ3) is 2.78. The SMILES string of the molecule is c1n[nH]c(CCCNC2CCOC2)n1. The molecular weight excluding hydrogens is 180 g/mol. The van der Waals surface area contributed by atoms with Crippen LogP contribution in [0, 0.1) is 0 Å². The first-order valence-electron chi connectivity index (χ1n) is 5.10. The highest BCUT2D eigenvalue weighted by Gasteiger charge is 2.13. The van der Waals surface area contributed by atoms with Gasteiger partial charge in [-0.1, -0.05) is 0 Å². The zero-order valence-corrected chi connectivity index (χ0v) is 8.20. The molecule has 2 heterocycles. The molecule has 1 atom stereocenters. The normalized spacial score (nSPS) is 21.6. The summed E-state index contributed by atoms with van der Waals surface area (Å²) >= 11 is 0. The molecule has 1 aliphatic rings. The van der Waals surface area contributed by atoms with Crippen molar-refractivity contribution in [3.8, 4) is 0 Å². The Morgan fingerprint density at radius 2 is 2.64 bits per heavy atom. The minimum Gasteiger partial charge on any atom is -0.380 e. The van der Waals surface area contributed by atoms with Crippen molar-refractivity contribution in [2.24, 2.45) is 0 Å².